The van der Waals surface area contributed by atoms with Gasteiger partial charge >= 0.3 is 0 Å². The Morgan fingerprint density at radius 3 is 2.69 bits per heavy atom. The van der Waals surface area contributed by atoms with Gasteiger partial charge in [0.1, 0.15) is 0 Å². The van der Waals surface area contributed by atoms with Crippen LogP contribution in [0.5, 0.6) is 0 Å². The van der Waals surface area contributed by atoms with Gasteiger partial charge in [-0.1, -0.05) is 6.92 Å². The molecule has 0 aliphatic carbocycles. The van der Waals surface area contributed by atoms with Crippen molar-refractivity contribution in [2.75, 3.05) is 0 Å². The molecule has 0 amide bonds. The minimum atomic E-state index is 0.239. The molecule has 0 aromatic carbocycles. The lowest BCUT2D eigenvalue weighted by Gasteiger charge is -2.03. The monoisotopic (exact) mass is 236 g/mol. The predicted molar refractivity (Wildman–Crippen MR) is 63.0 cm³/mol. The highest BCUT2D eigenvalue weighted by Crippen LogP contribution is 2.17. The fourth-order valence-corrected chi connectivity index (χ4v) is 2.00. The highest BCUT2D eigenvalue weighted by molar-refractivity contribution is 6.28. The van der Waals surface area contributed by atoms with E-state index in [1.165, 1.54) is 5.56 Å². The largest absolute Gasteiger partial charge is 0.226 e. The standard InChI is InChI=1S/C11H13ClN4/c1-4-9-7(2)15-16(8(9)3)10-5-6-13-11(12)14-10/h5-6H,4H2,1-3H3. The van der Waals surface area contributed by atoms with Crippen LogP contribution in [0.2, 0.25) is 5.28 Å². The van der Waals surface area contributed by atoms with Crippen LogP contribution in [0.1, 0.15) is 23.9 Å². The Kier molecular flexibility index (Phi) is 2.92. The SMILES string of the molecule is CCc1c(C)nn(-c2ccnc(Cl)n2)c1C. The van der Waals surface area contributed by atoms with Crippen LogP contribution in [0.25, 0.3) is 5.82 Å². The number of hydrogen-bond donors (Lipinski definition) is 0. The summed E-state index contributed by atoms with van der Waals surface area (Å²) in [5.41, 5.74) is 3.40. The Morgan fingerprint density at radius 2 is 2.12 bits per heavy atom. The van der Waals surface area contributed by atoms with E-state index in [9.17, 15) is 0 Å². The molecular weight excluding hydrogens is 224 g/mol. The van der Waals surface area contributed by atoms with Gasteiger partial charge in [-0.25, -0.2) is 9.67 Å². The molecule has 0 saturated carbocycles. The molecule has 0 atom stereocenters. The third-order valence-electron chi connectivity index (χ3n) is 2.62. The molecule has 0 aliphatic rings. The number of halogens is 1. The van der Waals surface area contributed by atoms with Gasteiger partial charge in [0.25, 0.3) is 0 Å². The summed E-state index contributed by atoms with van der Waals surface area (Å²) in [4.78, 5) is 8.01. The smallest absolute Gasteiger partial charge is 0.224 e. The minimum Gasteiger partial charge on any atom is -0.226 e. The lowest BCUT2D eigenvalue weighted by Crippen LogP contribution is -2.02. The first kappa shape index (κ1) is 11.1. The molecular formula is C11H13ClN4. The molecule has 0 saturated heterocycles. The number of nitrogens with zero attached hydrogens (tertiary/aromatic N) is 4. The summed E-state index contributed by atoms with van der Waals surface area (Å²) in [6, 6.07) is 1.80. The maximum atomic E-state index is 5.76. The lowest BCUT2D eigenvalue weighted by molar-refractivity contribution is 0.800. The summed E-state index contributed by atoms with van der Waals surface area (Å²) in [6.45, 7) is 6.16. The molecule has 16 heavy (non-hydrogen) atoms. The summed E-state index contributed by atoms with van der Waals surface area (Å²) in [5, 5.41) is 4.70. The molecule has 0 unspecified atom stereocenters. The van der Waals surface area contributed by atoms with Gasteiger partial charge in [0.15, 0.2) is 5.82 Å². The molecule has 2 heterocycles. The van der Waals surface area contributed by atoms with Crippen LogP contribution in [0.3, 0.4) is 0 Å². The van der Waals surface area contributed by atoms with Crippen LogP contribution in [0.4, 0.5) is 0 Å². The maximum Gasteiger partial charge on any atom is 0.224 e. The van der Waals surface area contributed by atoms with Gasteiger partial charge in [0.2, 0.25) is 5.28 Å². The Labute approximate surface area is 99.3 Å². The second-order valence-corrected chi connectivity index (χ2v) is 3.94. The third-order valence-corrected chi connectivity index (χ3v) is 2.81. The van der Waals surface area contributed by atoms with Crippen LogP contribution < -0.4 is 0 Å². The van der Waals surface area contributed by atoms with Crippen molar-refractivity contribution in [3.05, 3.63) is 34.5 Å². The van der Waals surface area contributed by atoms with Crippen LogP contribution in [0, 0.1) is 13.8 Å². The first-order valence-corrected chi connectivity index (χ1v) is 5.55. The number of aryl methyl sites for hydroxylation is 1. The van der Waals surface area contributed by atoms with Crippen molar-refractivity contribution in [2.24, 2.45) is 0 Å². The van der Waals surface area contributed by atoms with E-state index in [-0.39, 0.29) is 5.28 Å². The lowest BCUT2D eigenvalue weighted by atomic mass is 10.1. The Bertz CT molecular complexity index is 519. The summed E-state index contributed by atoms with van der Waals surface area (Å²) in [5.74, 6) is 0.709. The van der Waals surface area contributed by atoms with Crippen LogP contribution in [-0.2, 0) is 6.42 Å². The summed E-state index contributed by atoms with van der Waals surface area (Å²) >= 11 is 5.76. The van der Waals surface area contributed by atoms with Crippen molar-refractivity contribution in [3.63, 3.8) is 0 Å². The summed E-state index contributed by atoms with van der Waals surface area (Å²) < 4.78 is 1.81. The summed E-state index contributed by atoms with van der Waals surface area (Å²) in [7, 11) is 0. The number of hydrogen-bond acceptors (Lipinski definition) is 3. The van der Waals surface area contributed by atoms with Crippen LogP contribution in [-0.4, -0.2) is 19.7 Å². The molecule has 4 nitrogen and oxygen atoms in total. The first-order chi connectivity index (χ1) is 7.63. The fourth-order valence-electron chi connectivity index (χ4n) is 1.85. The molecule has 0 fully saturated rings. The maximum absolute atomic E-state index is 5.76. The highest BCUT2D eigenvalue weighted by Gasteiger charge is 2.11. The Morgan fingerprint density at radius 1 is 1.38 bits per heavy atom. The van der Waals surface area contributed by atoms with Crippen molar-refractivity contribution >= 4 is 11.6 Å². The van der Waals surface area contributed by atoms with Crippen molar-refractivity contribution in [1.29, 1.82) is 0 Å². The molecule has 5 heteroatoms. The third kappa shape index (κ3) is 1.80. The molecule has 0 spiro atoms. The van der Waals surface area contributed by atoms with Gasteiger partial charge in [-0.05, 0) is 37.4 Å². The van der Waals surface area contributed by atoms with Crippen molar-refractivity contribution in [1.82, 2.24) is 19.7 Å². The van der Waals surface area contributed by atoms with Gasteiger partial charge in [-0.2, -0.15) is 10.1 Å². The van der Waals surface area contributed by atoms with E-state index in [0.29, 0.717) is 5.82 Å². The molecule has 84 valence electrons. The second kappa shape index (κ2) is 4.22. The number of aromatic nitrogens is 4. The zero-order valence-electron chi connectivity index (χ0n) is 9.53. The van der Waals surface area contributed by atoms with Crippen molar-refractivity contribution < 1.29 is 0 Å². The number of rotatable bonds is 2. The Balaban J connectivity index is 2.56. The van der Waals surface area contributed by atoms with E-state index in [4.69, 9.17) is 11.6 Å². The molecule has 2 aromatic rings. The first-order valence-electron chi connectivity index (χ1n) is 5.17. The van der Waals surface area contributed by atoms with E-state index in [1.54, 1.807) is 12.3 Å². The molecule has 0 aliphatic heterocycles. The van der Waals surface area contributed by atoms with E-state index < -0.39 is 0 Å². The molecule has 2 aromatic heterocycles. The molecule has 0 radical (unpaired) electrons. The minimum absolute atomic E-state index is 0.239. The second-order valence-electron chi connectivity index (χ2n) is 3.60. The van der Waals surface area contributed by atoms with E-state index in [2.05, 4.69) is 22.0 Å². The zero-order valence-corrected chi connectivity index (χ0v) is 10.3. The fraction of sp³-hybridized carbons (Fsp3) is 0.364. The normalized spacial score (nSPS) is 10.8. The molecule has 0 N–H and O–H groups in total. The Hall–Kier alpha value is -1.42. The average Bonchev–Trinajstić information content (AvgIpc) is 2.54. The zero-order chi connectivity index (χ0) is 11.7. The van der Waals surface area contributed by atoms with Gasteiger partial charge in [0.05, 0.1) is 5.69 Å². The predicted octanol–water partition coefficient (Wildman–Crippen LogP) is 2.49. The summed E-state index contributed by atoms with van der Waals surface area (Å²) in [6.07, 6.45) is 2.60. The van der Waals surface area contributed by atoms with Gasteiger partial charge < -0.3 is 0 Å². The van der Waals surface area contributed by atoms with E-state index in [0.717, 1.165) is 17.8 Å². The molecule has 0 bridgehead atoms. The average molecular weight is 237 g/mol. The van der Waals surface area contributed by atoms with Crippen LogP contribution in [0.15, 0.2) is 12.3 Å². The van der Waals surface area contributed by atoms with E-state index in [1.807, 2.05) is 18.5 Å². The highest BCUT2D eigenvalue weighted by atomic mass is 35.5. The van der Waals surface area contributed by atoms with Crippen LogP contribution >= 0.6 is 11.6 Å². The van der Waals surface area contributed by atoms with E-state index >= 15 is 0 Å². The van der Waals surface area contributed by atoms with Gasteiger partial charge in [0, 0.05) is 18.0 Å². The van der Waals surface area contributed by atoms with Gasteiger partial charge in [-0.3, -0.25) is 0 Å². The van der Waals surface area contributed by atoms with Crippen molar-refractivity contribution in [3.8, 4) is 5.82 Å². The quantitative estimate of drug-likeness (QED) is 0.753. The van der Waals surface area contributed by atoms with Crippen molar-refractivity contribution in [2.45, 2.75) is 27.2 Å². The van der Waals surface area contributed by atoms with Gasteiger partial charge in [-0.15, -0.1) is 0 Å². The molecule has 2 rings (SSSR count). The topological polar surface area (TPSA) is 43.6 Å².